The van der Waals surface area contributed by atoms with E-state index in [0.717, 1.165) is 6.08 Å². The number of rotatable bonds is 9. The summed E-state index contributed by atoms with van der Waals surface area (Å²) in [5.41, 5.74) is 4.43. The third-order valence-electron chi connectivity index (χ3n) is 6.90. The Morgan fingerprint density at radius 1 is 1.21 bits per heavy atom. The number of amides is 2. The standard InChI is InChI=1S/C26H34N6O10/c1-11(2)18(27)23(36)42-19-15(8-33)41-24(26(19,5)38)32-7-13-14(30-25(37)40-10-39-22(35)12(3)4)6-16(34)31-20-17(13)21(32)29-9-28-20/h6-7,9,11-12,15,18-19,24,33,38H,8,10,27H2,1-5H3,(H,30,37)(H,28,29,31,34)/t15-,18+,19-,24-,26?/m1/s1. The van der Waals surface area contributed by atoms with Gasteiger partial charge in [-0.15, -0.1) is 0 Å². The molecule has 0 spiro atoms. The molecule has 2 amide bonds. The van der Waals surface area contributed by atoms with Gasteiger partial charge in [-0.05, 0) is 12.8 Å². The van der Waals surface area contributed by atoms with E-state index < -0.39 is 73.3 Å². The van der Waals surface area contributed by atoms with Gasteiger partial charge in [-0.2, -0.15) is 0 Å². The first-order valence-corrected chi connectivity index (χ1v) is 13.2. The molecule has 1 unspecified atom stereocenters. The largest absolute Gasteiger partial charge is 0.455 e. The fourth-order valence-electron chi connectivity index (χ4n) is 4.53. The summed E-state index contributed by atoms with van der Waals surface area (Å²) < 4.78 is 22.7. The van der Waals surface area contributed by atoms with Gasteiger partial charge in [-0.3, -0.25) is 19.7 Å². The summed E-state index contributed by atoms with van der Waals surface area (Å²) in [5, 5.41) is 27.0. The van der Waals surface area contributed by atoms with Crippen LogP contribution in [0.4, 0.5) is 10.6 Å². The van der Waals surface area contributed by atoms with Crippen molar-refractivity contribution < 1.29 is 48.3 Å². The van der Waals surface area contributed by atoms with Crippen LogP contribution in [0, 0.1) is 11.8 Å². The third kappa shape index (κ3) is 5.92. The molecule has 4 rings (SSSR count). The summed E-state index contributed by atoms with van der Waals surface area (Å²) in [7, 11) is 0. The van der Waals surface area contributed by atoms with Gasteiger partial charge in [0.2, 0.25) is 6.79 Å². The predicted molar refractivity (Wildman–Crippen MR) is 144 cm³/mol. The quantitative estimate of drug-likeness (QED) is 0.194. The molecule has 2 aliphatic rings. The van der Waals surface area contributed by atoms with Gasteiger partial charge >= 0.3 is 18.0 Å². The van der Waals surface area contributed by atoms with Crippen LogP contribution in [0.3, 0.4) is 0 Å². The monoisotopic (exact) mass is 590 g/mol. The van der Waals surface area contributed by atoms with Crippen LogP contribution in [-0.4, -0.2) is 85.9 Å². The highest BCUT2D eigenvalue weighted by Crippen LogP contribution is 2.43. The Kier molecular flexibility index (Phi) is 8.81. The molecule has 5 atom stereocenters. The van der Waals surface area contributed by atoms with E-state index in [-0.39, 0.29) is 34.0 Å². The van der Waals surface area contributed by atoms with Crippen molar-refractivity contribution in [3.63, 3.8) is 0 Å². The van der Waals surface area contributed by atoms with Gasteiger partial charge in [0, 0.05) is 17.8 Å². The highest BCUT2D eigenvalue weighted by molar-refractivity contribution is 6.14. The molecule has 0 aliphatic carbocycles. The highest BCUT2D eigenvalue weighted by Gasteiger charge is 2.56. The molecule has 42 heavy (non-hydrogen) atoms. The number of nitrogens with one attached hydrogen (secondary N) is 2. The van der Waals surface area contributed by atoms with Crippen molar-refractivity contribution in [2.45, 2.75) is 64.7 Å². The van der Waals surface area contributed by atoms with Crippen molar-refractivity contribution in [3.05, 3.63) is 24.2 Å². The Bertz CT molecular complexity index is 1420. The first-order valence-electron chi connectivity index (χ1n) is 13.2. The predicted octanol–water partition coefficient (Wildman–Crippen LogP) is 0.143. The second kappa shape index (κ2) is 12.0. The molecule has 2 aromatic heterocycles. The van der Waals surface area contributed by atoms with E-state index in [1.54, 1.807) is 27.7 Å². The summed E-state index contributed by atoms with van der Waals surface area (Å²) in [5.74, 6) is -2.52. The zero-order valence-corrected chi connectivity index (χ0v) is 23.7. The lowest BCUT2D eigenvalue weighted by molar-refractivity contribution is -0.166. The lowest BCUT2D eigenvalue weighted by Crippen LogP contribution is -2.50. The summed E-state index contributed by atoms with van der Waals surface area (Å²) in [6, 6.07) is -0.970. The fraction of sp³-hybridized carbons (Fsp3) is 0.538. The Morgan fingerprint density at radius 3 is 2.57 bits per heavy atom. The minimum atomic E-state index is -1.90. The lowest BCUT2D eigenvalue weighted by Gasteiger charge is -2.31. The molecular weight excluding hydrogens is 556 g/mol. The summed E-state index contributed by atoms with van der Waals surface area (Å²) >= 11 is 0. The number of aromatic nitrogens is 3. The Morgan fingerprint density at radius 2 is 1.93 bits per heavy atom. The number of nitrogens with zero attached hydrogens (tertiary/aromatic N) is 3. The minimum Gasteiger partial charge on any atom is -0.455 e. The van der Waals surface area contributed by atoms with Crippen molar-refractivity contribution in [2.75, 3.05) is 18.7 Å². The van der Waals surface area contributed by atoms with Crippen LogP contribution < -0.4 is 16.4 Å². The van der Waals surface area contributed by atoms with Crippen molar-refractivity contribution in [1.29, 1.82) is 0 Å². The van der Waals surface area contributed by atoms with E-state index in [4.69, 9.17) is 24.7 Å². The molecule has 0 aromatic carbocycles. The van der Waals surface area contributed by atoms with Crippen molar-refractivity contribution in [2.24, 2.45) is 17.6 Å². The van der Waals surface area contributed by atoms with E-state index in [9.17, 15) is 29.4 Å². The number of hydrogen-bond acceptors (Lipinski definition) is 13. The molecule has 16 heteroatoms. The van der Waals surface area contributed by atoms with E-state index in [0.29, 0.717) is 0 Å². The SMILES string of the molecule is CC(C)C(=O)OCOC(=O)NC1=CC(=O)Nc2ncnc3c2c1cn3[C@@H]1O[C@H](CO)[C@@H](OC(=O)[C@@H](N)C(C)C)C1(C)O. The van der Waals surface area contributed by atoms with E-state index >= 15 is 0 Å². The number of carbonyl (C=O) groups is 4. The number of aliphatic hydroxyl groups is 2. The zero-order valence-electron chi connectivity index (χ0n) is 23.7. The number of alkyl carbamates (subject to hydrolysis) is 1. The number of ether oxygens (including phenoxy) is 4. The summed E-state index contributed by atoms with van der Waals surface area (Å²) in [4.78, 5) is 57.8. The Labute approximate surface area is 240 Å². The van der Waals surface area contributed by atoms with Crippen LogP contribution >= 0.6 is 0 Å². The van der Waals surface area contributed by atoms with Gasteiger partial charge in [0.05, 0.1) is 23.6 Å². The van der Waals surface area contributed by atoms with Crippen LogP contribution in [-0.2, 0) is 33.3 Å². The third-order valence-corrected chi connectivity index (χ3v) is 6.90. The van der Waals surface area contributed by atoms with Gasteiger partial charge < -0.3 is 44.8 Å². The highest BCUT2D eigenvalue weighted by atomic mass is 16.7. The molecule has 0 saturated carbocycles. The molecule has 1 saturated heterocycles. The van der Waals surface area contributed by atoms with Crippen molar-refractivity contribution in [3.8, 4) is 0 Å². The molecule has 6 N–H and O–H groups in total. The molecule has 1 fully saturated rings. The number of carbonyl (C=O) groups excluding carboxylic acids is 4. The average molecular weight is 591 g/mol. The maximum Gasteiger partial charge on any atom is 0.414 e. The first kappa shape index (κ1) is 30.8. The van der Waals surface area contributed by atoms with E-state index in [1.165, 1.54) is 24.0 Å². The molecule has 0 bridgehead atoms. The summed E-state index contributed by atoms with van der Waals surface area (Å²) in [6.07, 6.45) is -1.00. The smallest absolute Gasteiger partial charge is 0.414 e. The number of esters is 2. The second-order valence-electron chi connectivity index (χ2n) is 10.8. The van der Waals surface area contributed by atoms with Gasteiger partial charge in [-0.1, -0.05) is 27.7 Å². The molecule has 2 aliphatic heterocycles. The van der Waals surface area contributed by atoms with Gasteiger partial charge in [-0.25, -0.2) is 14.8 Å². The Hall–Kier alpha value is -4.12. The van der Waals surface area contributed by atoms with Crippen LogP contribution in [0.2, 0.25) is 0 Å². The van der Waals surface area contributed by atoms with Gasteiger partial charge in [0.1, 0.15) is 35.5 Å². The maximum atomic E-state index is 12.7. The number of nitrogens with two attached hydrogens (primary N) is 1. The topological polar surface area (TPSA) is 226 Å². The van der Waals surface area contributed by atoms with Crippen LogP contribution in [0.25, 0.3) is 16.7 Å². The maximum absolute atomic E-state index is 12.7. The zero-order chi connectivity index (χ0) is 30.9. The molecule has 4 heterocycles. The number of anilines is 1. The summed E-state index contributed by atoms with van der Waals surface area (Å²) in [6.45, 7) is 6.84. The number of hydrogen-bond donors (Lipinski definition) is 5. The Balaban J connectivity index is 1.67. The van der Waals surface area contributed by atoms with Crippen LogP contribution in [0.5, 0.6) is 0 Å². The first-order chi connectivity index (χ1) is 19.8. The molecule has 2 aromatic rings. The van der Waals surface area contributed by atoms with Crippen molar-refractivity contribution >= 4 is 46.5 Å². The molecular formula is C26H34N6O10. The molecule has 228 valence electrons. The van der Waals surface area contributed by atoms with Gasteiger partial charge in [0.15, 0.2) is 12.3 Å². The normalized spacial score (nSPS) is 24.2. The fourth-order valence-corrected chi connectivity index (χ4v) is 4.53. The lowest BCUT2D eigenvalue weighted by atomic mass is 9.95. The van der Waals surface area contributed by atoms with E-state index in [1.807, 2.05) is 0 Å². The van der Waals surface area contributed by atoms with E-state index in [2.05, 4.69) is 20.6 Å². The van der Waals surface area contributed by atoms with Gasteiger partial charge in [0.25, 0.3) is 5.91 Å². The second-order valence-corrected chi connectivity index (χ2v) is 10.8. The average Bonchev–Trinajstić information content (AvgIpc) is 3.37. The van der Waals surface area contributed by atoms with Crippen LogP contribution in [0.1, 0.15) is 46.4 Å². The number of aliphatic hydroxyl groups excluding tert-OH is 1. The molecule has 16 nitrogen and oxygen atoms in total. The minimum absolute atomic E-state index is 0.0211. The van der Waals surface area contributed by atoms with Crippen LogP contribution in [0.15, 0.2) is 18.6 Å². The van der Waals surface area contributed by atoms with Crippen molar-refractivity contribution in [1.82, 2.24) is 19.9 Å². The molecule has 0 radical (unpaired) electrons.